The van der Waals surface area contributed by atoms with Crippen LogP contribution >= 0.6 is 23.4 Å². The molecule has 0 spiro atoms. The van der Waals surface area contributed by atoms with Crippen LogP contribution < -0.4 is 5.32 Å². The fourth-order valence-corrected chi connectivity index (χ4v) is 3.85. The number of amides is 1. The van der Waals surface area contributed by atoms with Gasteiger partial charge in [-0.1, -0.05) is 60.6 Å². The Hall–Kier alpha value is -2.31. The monoisotopic (exact) mass is 414 g/mol. The molecular weight excluding hydrogens is 392 g/mol. The summed E-state index contributed by atoms with van der Waals surface area (Å²) in [4.78, 5) is 11.8. The predicted octanol–water partition coefficient (Wildman–Crippen LogP) is 4.99. The van der Waals surface area contributed by atoms with Crippen molar-refractivity contribution in [3.8, 4) is 17.1 Å². The molecule has 5 nitrogen and oxygen atoms in total. The van der Waals surface area contributed by atoms with Gasteiger partial charge in [0.15, 0.2) is 11.0 Å². The van der Waals surface area contributed by atoms with E-state index in [-0.39, 0.29) is 5.91 Å². The number of halogens is 1. The van der Waals surface area contributed by atoms with Crippen LogP contribution in [0.25, 0.3) is 17.1 Å². The van der Waals surface area contributed by atoms with Gasteiger partial charge in [-0.3, -0.25) is 9.36 Å². The van der Waals surface area contributed by atoms with Gasteiger partial charge in [0, 0.05) is 30.0 Å². The number of benzene rings is 2. The molecule has 1 N–H and O–H groups in total. The zero-order chi connectivity index (χ0) is 19.8. The highest BCUT2D eigenvalue weighted by Gasteiger charge is 2.17. The maximum absolute atomic E-state index is 11.8. The summed E-state index contributed by atoms with van der Waals surface area (Å²) >= 11 is 7.99. The van der Waals surface area contributed by atoms with E-state index in [0.29, 0.717) is 17.3 Å². The first-order valence-electron chi connectivity index (χ1n) is 9.36. The molecule has 0 aliphatic rings. The van der Waals surface area contributed by atoms with E-state index in [1.54, 1.807) is 11.8 Å². The van der Waals surface area contributed by atoms with Crippen molar-refractivity contribution in [2.45, 2.75) is 31.3 Å². The number of hydrogen-bond acceptors (Lipinski definition) is 4. The molecule has 0 fully saturated rings. The van der Waals surface area contributed by atoms with Gasteiger partial charge in [-0.05, 0) is 37.1 Å². The molecule has 3 rings (SSSR count). The Bertz CT molecular complexity index is 914. The molecule has 0 saturated heterocycles. The number of para-hydroxylation sites is 1. The molecule has 0 radical (unpaired) electrons. The summed E-state index contributed by atoms with van der Waals surface area (Å²) in [5, 5.41) is 13.1. The first-order chi connectivity index (χ1) is 13.7. The lowest BCUT2D eigenvalue weighted by molar-refractivity contribution is -0.121. The van der Waals surface area contributed by atoms with E-state index in [4.69, 9.17) is 11.6 Å². The van der Waals surface area contributed by atoms with E-state index in [1.165, 1.54) is 0 Å². The molecule has 0 aliphatic carbocycles. The van der Waals surface area contributed by atoms with Crippen molar-refractivity contribution in [2.75, 3.05) is 12.3 Å². The van der Waals surface area contributed by atoms with Crippen molar-refractivity contribution < 1.29 is 4.79 Å². The molecule has 0 unspecified atom stereocenters. The summed E-state index contributed by atoms with van der Waals surface area (Å²) in [5.74, 6) is 1.59. The van der Waals surface area contributed by atoms with Gasteiger partial charge in [-0.25, -0.2) is 0 Å². The third kappa shape index (κ3) is 5.14. The second-order valence-corrected chi connectivity index (χ2v) is 7.73. The molecule has 1 amide bonds. The van der Waals surface area contributed by atoms with Crippen LogP contribution in [-0.2, 0) is 4.79 Å². The Kier molecular flexibility index (Phi) is 7.51. The summed E-state index contributed by atoms with van der Waals surface area (Å²) < 4.78 is 2.02. The first-order valence-corrected chi connectivity index (χ1v) is 10.7. The van der Waals surface area contributed by atoms with E-state index >= 15 is 0 Å². The molecule has 0 saturated carbocycles. The standard InChI is InChI=1S/C21H23ClN4OS/c1-2-14-23-19(27)13-8-15-28-21-25-24-20(17-11-6-7-12-18(17)22)26(21)16-9-4-3-5-10-16/h3-7,9-12H,2,8,13-15H2,1H3,(H,23,27). The number of hydrogen-bond donors (Lipinski definition) is 1. The van der Waals surface area contributed by atoms with Gasteiger partial charge in [0.05, 0.1) is 5.02 Å². The van der Waals surface area contributed by atoms with E-state index in [2.05, 4.69) is 15.5 Å². The minimum Gasteiger partial charge on any atom is -0.356 e. The third-order valence-corrected chi connectivity index (χ3v) is 5.46. The number of nitrogens with one attached hydrogen (secondary N) is 1. The van der Waals surface area contributed by atoms with Crippen molar-refractivity contribution in [2.24, 2.45) is 0 Å². The van der Waals surface area contributed by atoms with Crippen LogP contribution in [0.1, 0.15) is 26.2 Å². The Morgan fingerprint density at radius 3 is 2.61 bits per heavy atom. The van der Waals surface area contributed by atoms with Gasteiger partial charge in [0.25, 0.3) is 0 Å². The van der Waals surface area contributed by atoms with E-state index in [1.807, 2.05) is 66.1 Å². The number of thioether (sulfide) groups is 1. The highest BCUT2D eigenvalue weighted by atomic mass is 35.5. The number of carbonyl (C=O) groups is 1. The van der Waals surface area contributed by atoms with Gasteiger partial charge in [-0.15, -0.1) is 10.2 Å². The van der Waals surface area contributed by atoms with Crippen molar-refractivity contribution >= 4 is 29.3 Å². The predicted molar refractivity (Wildman–Crippen MR) is 115 cm³/mol. The van der Waals surface area contributed by atoms with Crippen molar-refractivity contribution in [1.82, 2.24) is 20.1 Å². The SMILES string of the molecule is CCCNC(=O)CCCSc1nnc(-c2ccccc2Cl)n1-c1ccccc1. The second-order valence-electron chi connectivity index (χ2n) is 6.26. The lowest BCUT2D eigenvalue weighted by Gasteiger charge is -2.11. The Balaban J connectivity index is 1.78. The van der Waals surface area contributed by atoms with Gasteiger partial charge in [0.2, 0.25) is 5.91 Å². The molecule has 1 heterocycles. The maximum Gasteiger partial charge on any atom is 0.220 e. The van der Waals surface area contributed by atoms with E-state index < -0.39 is 0 Å². The summed E-state index contributed by atoms with van der Waals surface area (Å²) in [6.45, 7) is 2.78. The van der Waals surface area contributed by atoms with Crippen LogP contribution in [0.2, 0.25) is 5.02 Å². The van der Waals surface area contributed by atoms with Crippen LogP contribution in [0.15, 0.2) is 59.8 Å². The van der Waals surface area contributed by atoms with Crippen LogP contribution in [0.4, 0.5) is 0 Å². The third-order valence-electron chi connectivity index (χ3n) is 4.11. The molecule has 3 aromatic rings. The van der Waals surface area contributed by atoms with Crippen molar-refractivity contribution in [3.63, 3.8) is 0 Å². The molecule has 2 aromatic carbocycles. The summed E-state index contributed by atoms with van der Waals surface area (Å²) in [5.41, 5.74) is 1.82. The summed E-state index contributed by atoms with van der Waals surface area (Å²) in [7, 11) is 0. The molecule has 0 aliphatic heterocycles. The molecule has 0 atom stereocenters. The summed E-state index contributed by atoms with van der Waals surface area (Å²) in [6, 6.07) is 17.6. The fourth-order valence-electron chi connectivity index (χ4n) is 2.74. The molecule has 7 heteroatoms. The van der Waals surface area contributed by atoms with Crippen LogP contribution in [-0.4, -0.2) is 33.0 Å². The molecule has 1 aromatic heterocycles. The first kappa shape index (κ1) is 20.4. The van der Waals surface area contributed by atoms with Gasteiger partial charge in [-0.2, -0.15) is 0 Å². The average molecular weight is 415 g/mol. The van der Waals surface area contributed by atoms with E-state index in [9.17, 15) is 4.79 Å². The van der Waals surface area contributed by atoms with Gasteiger partial charge >= 0.3 is 0 Å². The molecule has 0 bridgehead atoms. The maximum atomic E-state index is 11.8. The number of rotatable bonds is 9. The van der Waals surface area contributed by atoms with Crippen LogP contribution in [0.5, 0.6) is 0 Å². The molecular formula is C21H23ClN4OS. The Morgan fingerprint density at radius 1 is 1.11 bits per heavy atom. The lowest BCUT2D eigenvalue weighted by atomic mass is 10.2. The number of carbonyl (C=O) groups excluding carboxylic acids is 1. The second kappa shape index (κ2) is 10.3. The zero-order valence-corrected chi connectivity index (χ0v) is 17.3. The minimum absolute atomic E-state index is 0.101. The van der Waals surface area contributed by atoms with Gasteiger partial charge < -0.3 is 5.32 Å². The average Bonchev–Trinajstić information content (AvgIpc) is 3.14. The highest BCUT2D eigenvalue weighted by Crippen LogP contribution is 2.32. The quantitative estimate of drug-likeness (QED) is 0.396. The smallest absolute Gasteiger partial charge is 0.220 e. The largest absolute Gasteiger partial charge is 0.356 e. The minimum atomic E-state index is 0.101. The normalized spacial score (nSPS) is 10.8. The summed E-state index contributed by atoms with van der Waals surface area (Å²) in [6.07, 6.45) is 2.25. The fraction of sp³-hybridized carbons (Fsp3) is 0.286. The van der Waals surface area contributed by atoms with Crippen LogP contribution in [0.3, 0.4) is 0 Å². The Morgan fingerprint density at radius 2 is 1.86 bits per heavy atom. The van der Waals surface area contributed by atoms with Crippen molar-refractivity contribution in [1.29, 1.82) is 0 Å². The lowest BCUT2D eigenvalue weighted by Crippen LogP contribution is -2.23. The zero-order valence-electron chi connectivity index (χ0n) is 15.8. The number of nitrogens with zero attached hydrogens (tertiary/aromatic N) is 3. The van der Waals surface area contributed by atoms with Crippen LogP contribution in [0, 0.1) is 0 Å². The Labute approximate surface area is 174 Å². The van der Waals surface area contributed by atoms with Crippen molar-refractivity contribution in [3.05, 3.63) is 59.6 Å². The highest BCUT2D eigenvalue weighted by molar-refractivity contribution is 7.99. The van der Waals surface area contributed by atoms with E-state index in [0.717, 1.165) is 41.5 Å². The number of aromatic nitrogens is 3. The molecule has 146 valence electrons. The van der Waals surface area contributed by atoms with Gasteiger partial charge in [0.1, 0.15) is 0 Å². The molecule has 28 heavy (non-hydrogen) atoms. The topological polar surface area (TPSA) is 59.8 Å².